The number of halogens is 1. The fourth-order valence-corrected chi connectivity index (χ4v) is 2.55. The number of benzene rings is 1. The third-order valence-corrected chi connectivity index (χ3v) is 3.80. The summed E-state index contributed by atoms with van der Waals surface area (Å²) in [6, 6.07) is 7.45. The van der Waals surface area contributed by atoms with Crippen molar-refractivity contribution in [3.8, 4) is 0 Å². The summed E-state index contributed by atoms with van der Waals surface area (Å²) in [5.41, 5.74) is 1.75. The number of carbonyl (C=O) groups is 2. The van der Waals surface area contributed by atoms with Gasteiger partial charge in [-0.25, -0.2) is 4.79 Å². The van der Waals surface area contributed by atoms with Crippen LogP contribution in [0.15, 0.2) is 49.1 Å². The molecule has 8 nitrogen and oxygen atoms in total. The molecule has 0 spiro atoms. The highest BCUT2D eigenvalue weighted by Crippen LogP contribution is 2.13. The third-order valence-electron chi connectivity index (χ3n) is 3.61. The quantitative estimate of drug-likeness (QED) is 0.662. The van der Waals surface area contributed by atoms with E-state index in [1.165, 1.54) is 17.1 Å². The molecule has 0 saturated heterocycles. The lowest BCUT2D eigenvalue weighted by Gasteiger charge is -2.08. The number of aryl methyl sites for hydroxylation is 1. The highest BCUT2D eigenvalue weighted by atomic mass is 35.5. The van der Waals surface area contributed by atoms with Gasteiger partial charge in [-0.05, 0) is 17.7 Å². The number of rotatable bonds is 7. The first-order valence-electron chi connectivity index (χ1n) is 7.82. The van der Waals surface area contributed by atoms with Gasteiger partial charge in [0.05, 0.1) is 29.5 Å². The van der Waals surface area contributed by atoms with Gasteiger partial charge in [0.25, 0.3) is 0 Å². The van der Waals surface area contributed by atoms with Crippen molar-refractivity contribution in [1.29, 1.82) is 0 Å². The number of nitrogens with one attached hydrogen (secondary N) is 1. The van der Waals surface area contributed by atoms with Gasteiger partial charge in [0, 0.05) is 31.0 Å². The lowest BCUT2D eigenvalue weighted by molar-refractivity contribution is -0.116. The van der Waals surface area contributed by atoms with Crippen LogP contribution in [-0.2, 0) is 17.9 Å². The zero-order valence-corrected chi connectivity index (χ0v) is 14.4. The number of aromatic nitrogens is 4. The zero-order chi connectivity index (χ0) is 18.5. The van der Waals surface area contributed by atoms with Crippen LogP contribution in [-0.4, -0.2) is 36.5 Å². The molecule has 3 rings (SSSR count). The molecule has 0 aliphatic carbocycles. The van der Waals surface area contributed by atoms with E-state index in [-0.39, 0.29) is 17.9 Å². The fraction of sp³-hybridized carbons (Fsp3) is 0.176. The molecule has 0 aliphatic heterocycles. The second kappa shape index (κ2) is 7.83. The molecule has 9 heteroatoms. The number of carbonyl (C=O) groups excluding carboxylic acids is 1. The van der Waals surface area contributed by atoms with E-state index in [0.29, 0.717) is 23.8 Å². The largest absolute Gasteiger partial charge is 0.478 e. The van der Waals surface area contributed by atoms with Crippen molar-refractivity contribution in [2.24, 2.45) is 0 Å². The smallest absolute Gasteiger partial charge is 0.338 e. The standard InChI is InChI=1S/C17H16ClN5O3/c18-14-8-20-23(11-14)9-12-2-1-3-15(6-12)21-16(24)4-5-22-10-13(7-19-22)17(25)26/h1-3,6-8,10-11H,4-5,9H2,(H,21,24)(H,25,26). The molecule has 0 unspecified atom stereocenters. The van der Waals surface area contributed by atoms with Crippen LogP contribution < -0.4 is 5.32 Å². The molecular weight excluding hydrogens is 358 g/mol. The molecule has 0 radical (unpaired) electrons. The molecule has 0 bridgehead atoms. The second-order valence-electron chi connectivity index (χ2n) is 5.65. The topological polar surface area (TPSA) is 102 Å². The lowest BCUT2D eigenvalue weighted by atomic mass is 10.2. The van der Waals surface area contributed by atoms with Crippen molar-refractivity contribution in [3.05, 3.63) is 65.2 Å². The maximum Gasteiger partial charge on any atom is 0.338 e. The SMILES string of the molecule is O=C(CCn1cc(C(=O)O)cn1)Nc1cccc(Cn2cc(Cl)cn2)c1. The molecule has 0 atom stereocenters. The summed E-state index contributed by atoms with van der Waals surface area (Å²) in [6.07, 6.45) is 6.12. The van der Waals surface area contributed by atoms with Crippen LogP contribution in [0.4, 0.5) is 5.69 Å². The number of nitrogens with zero attached hydrogens (tertiary/aromatic N) is 4. The van der Waals surface area contributed by atoms with Crippen LogP contribution in [0.25, 0.3) is 0 Å². The molecule has 2 heterocycles. The van der Waals surface area contributed by atoms with E-state index in [0.717, 1.165) is 5.56 Å². The van der Waals surface area contributed by atoms with Gasteiger partial charge in [0.2, 0.25) is 5.91 Å². The number of aromatic carboxylic acids is 1. The average molecular weight is 374 g/mol. The van der Waals surface area contributed by atoms with Crippen molar-refractivity contribution in [1.82, 2.24) is 19.6 Å². The Hall–Kier alpha value is -3.13. The average Bonchev–Trinajstić information content (AvgIpc) is 3.22. The molecule has 0 fully saturated rings. The Morgan fingerprint density at radius 1 is 1.15 bits per heavy atom. The normalized spacial score (nSPS) is 10.7. The first kappa shape index (κ1) is 17.7. The number of amides is 1. The van der Waals surface area contributed by atoms with Crippen LogP contribution in [0.1, 0.15) is 22.3 Å². The Balaban J connectivity index is 1.55. The van der Waals surface area contributed by atoms with Gasteiger partial charge in [-0.3, -0.25) is 14.2 Å². The highest BCUT2D eigenvalue weighted by Gasteiger charge is 2.08. The zero-order valence-electron chi connectivity index (χ0n) is 13.7. The van der Waals surface area contributed by atoms with Crippen LogP contribution in [0.2, 0.25) is 5.02 Å². The van der Waals surface area contributed by atoms with E-state index in [9.17, 15) is 9.59 Å². The van der Waals surface area contributed by atoms with E-state index >= 15 is 0 Å². The Kier molecular flexibility index (Phi) is 5.33. The molecule has 26 heavy (non-hydrogen) atoms. The summed E-state index contributed by atoms with van der Waals surface area (Å²) >= 11 is 5.85. The van der Waals surface area contributed by atoms with Crippen LogP contribution >= 0.6 is 11.6 Å². The Bertz CT molecular complexity index is 934. The van der Waals surface area contributed by atoms with Gasteiger partial charge in [0.15, 0.2) is 0 Å². The Labute approximate surface area is 154 Å². The molecule has 2 aromatic heterocycles. The van der Waals surface area contributed by atoms with Crippen LogP contribution in [0, 0.1) is 0 Å². The lowest BCUT2D eigenvalue weighted by Crippen LogP contribution is -2.15. The summed E-state index contributed by atoms with van der Waals surface area (Å²) < 4.78 is 3.14. The van der Waals surface area contributed by atoms with Crippen molar-refractivity contribution < 1.29 is 14.7 Å². The minimum Gasteiger partial charge on any atom is -0.478 e. The van der Waals surface area contributed by atoms with Crippen molar-refractivity contribution in [2.75, 3.05) is 5.32 Å². The van der Waals surface area contributed by atoms with Crippen molar-refractivity contribution in [2.45, 2.75) is 19.5 Å². The number of hydrogen-bond acceptors (Lipinski definition) is 4. The van der Waals surface area contributed by atoms with Gasteiger partial charge < -0.3 is 10.4 Å². The monoisotopic (exact) mass is 373 g/mol. The molecule has 0 aliphatic rings. The van der Waals surface area contributed by atoms with Gasteiger partial charge in [0.1, 0.15) is 0 Å². The maximum absolute atomic E-state index is 12.1. The Morgan fingerprint density at radius 3 is 2.65 bits per heavy atom. The molecule has 2 N–H and O–H groups in total. The minimum atomic E-state index is -1.05. The summed E-state index contributed by atoms with van der Waals surface area (Å²) in [7, 11) is 0. The van der Waals surface area contributed by atoms with Gasteiger partial charge in [-0.15, -0.1) is 0 Å². The fourth-order valence-electron chi connectivity index (χ4n) is 2.40. The van der Waals surface area contributed by atoms with E-state index in [1.54, 1.807) is 23.1 Å². The summed E-state index contributed by atoms with van der Waals surface area (Å²) in [6.45, 7) is 0.840. The highest BCUT2D eigenvalue weighted by molar-refractivity contribution is 6.30. The third kappa shape index (κ3) is 4.70. The number of carboxylic acids is 1. The van der Waals surface area contributed by atoms with Gasteiger partial charge in [-0.1, -0.05) is 23.7 Å². The summed E-state index contributed by atoms with van der Waals surface area (Å²) in [5.74, 6) is -1.23. The predicted octanol–water partition coefficient (Wildman–Crippen LogP) is 2.51. The summed E-state index contributed by atoms with van der Waals surface area (Å²) in [5, 5.41) is 20.3. The van der Waals surface area contributed by atoms with E-state index in [2.05, 4.69) is 15.5 Å². The second-order valence-corrected chi connectivity index (χ2v) is 6.09. The molecule has 1 aromatic carbocycles. The maximum atomic E-state index is 12.1. The van der Waals surface area contributed by atoms with E-state index < -0.39 is 5.97 Å². The first-order chi connectivity index (χ1) is 12.5. The van der Waals surface area contributed by atoms with Crippen molar-refractivity contribution in [3.63, 3.8) is 0 Å². The van der Waals surface area contributed by atoms with Crippen LogP contribution in [0.5, 0.6) is 0 Å². The van der Waals surface area contributed by atoms with Gasteiger partial charge in [-0.2, -0.15) is 10.2 Å². The van der Waals surface area contributed by atoms with Gasteiger partial charge >= 0.3 is 5.97 Å². The predicted molar refractivity (Wildman–Crippen MR) is 95.2 cm³/mol. The molecule has 0 saturated carbocycles. The Morgan fingerprint density at radius 2 is 1.96 bits per heavy atom. The van der Waals surface area contributed by atoms with Crippen molar-refractivity contribution >= 4 is 29.2 Å². The molecular formula is C17H16ClN5O3. The number of anilines is 1. The summed E-state index contributed by atoms with van der Waals surface area (Å²) in [4.78, 5) is 22.9. The number of carboxylic acid groups (broad SMARTS) is 1. The van der Waals surface area contributed by atoms with E-state index in [4.69, 9.17) is 16.7 Å². The molecule has 1 amide bonds. The van der Waals surface area contributed by atoms with E-state index in [1.807, 2.05) is 18.2 Å². The first-order valence-corrected chi connectivity index (χ1v) is 8.20. The van der Waals surface area contributed by atoms with Crippen LogP contribution in [0.3, 0.4) is 0 Å². The molecule has 3 aromatic rings. The minimum absolute atomic E-state index is 0.0943. The molecule has 134 valence electrons. The number of hydrogen-bond donors (Lipinski definition) is 2.